The average molecular weight is 315 g/mol. The van der Waals surface area contributed by atoms with Crippen molar-refractivity contribution in [1.82, 2.24) is 4.90 Å². The van der Waals surface area contributed by atoms with Crippen LogP contribution in [0.5, 0.6) is 5.75 Å². The van der Waals surface area contributed by atoms with E-state index in [9.17, 15) is 9.18 Å². The summed E-state index contributed by atoms with van der Waals surface area (Å²) in [6.07, 6.45) is 2.16. The number of carbonyl (C=O) groups is 1. The fraction of sp³-hybridized carbons (Fsp3) is 0.533. The molecule has 0 aromatic heterocycles. The van der Waals surface area contributed by atoms with Crippen LogP contribution in [0.4, 0.5) is 4.39 Å². The van der Waals surface area contributed by atoms with Gasteiger partial charge in [-0.05, 0) is 42.9 Å². The van der Waals surface area contributed by atoms with Crippen molar-refractivity contribution in [1.29, 1.82) is 0 Å². The second kappa shape index (κ2) is 6.20. The molecule has 0 radical (unpaired) electrons. The molecule has 116 valence electrons. The molecule has 6 heteroatoms. The monoisotopic (exact) mass is 314 g/mol. The van der Waals surface area contributed by atoms with Crippen molar-refractivity contribution in [3.63, 3.8) is 0 Å². The van der Waals surface area contributed by atoms with E-state index in [0.717, 1.165) is 19.4 Å². The zero-order chi connectivity index (χ0) is 14.3. The summed E-state index contributed by atoms with van der Waals surface area (Å²) in [7, 11) is 1.39. The normalized spacial score (nSPS) is 27.2. The van der Waals surface area contributed by atoms with Crippen molar-refractivity contribution < 1.29 is 13.9 Å². The van der Waals surface area contributed by atoms with Gasteiger partial charge in [-0.25, -0.2) is 4.39 Å². The van der Waals surface area contributed by atoms with Gasteiger partial charge in [0, 0.05) is 24.7 Å². The van der Waals surface area contributed by atoms with Crippen molar-refractivity contribution in [2.45, 2.75) is 18.9 Å². The molecule has 1 saturated heterocycles. The Morgan fingerprint density at radius 1 is 1.38 bits per heavy atom. The Morgan fingerprint density at radius 2 is 2.14 bits per heavy atom. The highest BCUT2D eigenvalue weighted by molar-refractivity contribution is 5.94. The van der Waals surface area contributed by atoms with Gasteiger partial charge >= 0.3 is 0 Å². The van der Waals surface area contributed by atoms with Gasteiger partial charge in [0.25, 0.3) is 5.91 Å². The van der Waals surface area contributed by atoms with E-state index in [2.05, 4.69) is 0 Å². The molecular formula is C15H20ClFN2O2. The highest BCUT2D eigenvalue weighted by Crippen LogP contribution is 2.37. The third kappa shape index (κ3) is 2.85. The van der Waals surface area contributed by atoms with Crippen LogP contribution >= 0.6 is 12.4 Å². The van der Waals surface area contributed by atoms with Gasteiger partial charge in [0.1, 0.15) is 0 Å². The SMILES string of the molecule is COc1cc(C(=O)N2CC3CCC(N)C3C2)ccc1F.Cl. The number of likely N-dealkylation sites (tertiary alicyclic amines) is 1. The minimum Gasteiger partial charge on any atom is -0.494 e. The molecule has 1 aliphatic carbocycles. The van der Waals surface area contributed by atoms with Gasteiger partial charge in [-0.15, -0.1) is 12.4 Å². The van der Waals surface area contributed by atoms with Crippen LogP contribution in [0.15, 0.2) is 18.2 Å². The lowest BCUT2D eigenvalue weighted by atomic mass is 9.98. The lowest BCUT2D eigenvalue weighted by Crippen LogP contribution is -2.33. The predicted octanol–water partition coefficient (Wildman–Crippen LogP) is 2.07. The third-order valence-electron chi connectivity index (χ3n) is 4.60. The first-order valence-corrected chi connectivity index (χ1v) is 6.98. The minimum absolute atomic E-state index is 0. The molecule has 2 aliphatic rings. The molecule has 1 heterocycles. The molecule has 0 spiro atoms. The van der Waals surface area contributed by atoms with Gasteiger partial charge in [-0.2, -0.15) is 0 Å². The molecular weight excluding hydrogens is 295 g/mol. The second-order valence-corrected chi connectivity index (χ2v) is 5.72. The van der Waals surface area contributed by atoms with Crippen LogP contribution in [-0.2, 0) is 0 Å². The van der Waals surface area contributed by atoms with Gasteiger partial charge in [-0.1, -0.05) is 0 Å². The second-order valence-electron chi connectivity index (χ2n) is 5.72. The number of amides is 1. The summed E-state index contributed by atoms with van der Waals surface area (Å²) in [6, 6.07) is 4.45. The number of fused-ring (bicyclic) bond motifs is 1. The fourth-order valence-electron chi connectivity index (χ4n) is 3.45. The molecule has 3 unspecified atom stereocenters. The summed E-state index contributed by atoms with van der Waals surface area (Å²) in [4.78, 5) is 14.3. The lowest BCUT2D eigenvalue weighted by molar-refractivity contribution is 0.0779. The largest absolute Gasteiger partial charge is 0.494 e. The van der Waals surface area contributed by atoms with Gasteiger partial charge in [-0.3, -0.25) is 4.79 Å². The van der Waals surface area contributed by atoms with E-state index in [-0.39, 0.29) is 30.1 Å². The smallest absolute Gasteiger partial charge is 0.254 e. The van der Waals surface area contributed by atoms with E-state index in [1.54, 1.807) is 0 Å². The molecule has 2 fully saturated rings. The maximum Gasteiger partial charge on any atom is 0.254 e. The molecule has 3 rings (SSSR count). The van der Waals surface area contributed by atoms with Crippen molar-refractivity contribution in [2.24, 2.45) is 17.6 Å². The van der Waals surface area contributed by atoms with E-state index in [1.165, 1.54) is 25.3 Å². The van der Waals surface area contributed by atoms with Gasteiger partial charge in [0.15, 0.2) is 11.6 Å². The number of rotatable bonds is 2. The topological polar surface area (TPSA) is 55.6 Å². The molecule has 1 aromatic rings. The predicted molar refractivity (Wildman–Crippen MR) is 80.3 cm³/mol. The van der Waals surface area contributed by atoms with Gasteiger partial charge < -0.3 is 15.4 Å². The van der Waals surface area contributed by atoms with Crippen LogP contribution in [-0.4, -0.2) is 37.0 Å². The van der Waals surface area contributed by atoms with Gasteiger partial charge in [0.05, 0.1) is 7.11 Å². The Bertz CT molecular complexity index is 540. The highest BCUT2D eigenvalue weighted by Gasteiger charge is 2.42. The summed E-state index contributed by atoms with van der Waals surface area (Å²) in [5.41, 5.74) is 6.55. The average Bonchev–Trinajstić information content (AvgIpc) is 3.01. The summed E-state index contributed by atoms with van der Waals surface area (Å²) in [6.45, 7) is 1.47. The van der Waals surface area contributed by atoms with E-state index in [0.29, 0.717) is 23.9 Å². The first-order chi connectivity index (χ1) is 9.60. The number of hydrogen-bond acceptors (Lipinski definition) is 3. The minimum atomic E-state index is -0.454. The first-order valence-electron chi connectivity index (χ1n) is 6.98. The number of ether oxygens (including phenoxy) is 1. The number of benzene rings is 1. The number of carbonyl (C=O) groups excluding carboxylic acids is 1. The van der Waals surface area contributed by atoms with Crippen LogP contribution in [0.2, 0.25) is 0 Å². The summed E-state index contributed by atoms with van der Waals surface area (Å²) in [5.74, 6) is 0.527. The zero-order valence-corrected chi connectivity index (χ0v) is 12.7. The molecule has 1 aromatic carbocycles. The summed E-state index contributed by atoms with van der Waals surface area (Å²) < 4.78 is 18.3. The van der Waals surface area contributed by atoms with Crippen LogP contribution in [0.1, 0.15) is 23.2 Å². The molecule has 21 heavy (non-hydrogen) atoms. The number of halogens is 2. The summed E-state index contributed by atoms with van der Waals surface area (Å²) in [5, 5.41) is 0. The molecule has 0 bridgehead atoms. The van der Waals surface area contributed by atoms with E-state index in [1.807, 2.05) is 4.90 Å². The Hall–Kier alpha value is -1.33. The Kier molecular flexibility index (Phi) is 4.74. The fourth-order valence-corrected chi connectivity index (χ4v) is 3.45. The van der Waals surface area contributed by atoms with E-state index >= 15 is 0 Å². The maximum absolute atomic E-state index is 13.4. The zero-order valence-electron chi connectivity index (χ0n) is 11.9. The molecule has 2 N–H and O–H groups in total. The lowest BCUT2D eigenvalue weighted by Gasteiger charge is -2.19. The number of methoxy groups -OCH3 is 1. The molecule has 4 nitrogen and oxygen atoms in total. The quantitative estimate of drug-likeness (QED) is 0.909. The molecule has 1 aliphatic heterocycles. The van der Waals surface area contributed by atoms with Crippen molar-refractivity contribution in [2.75, 3.05) is 20.2 Å². The van der Waals surface area contributed by atoms with Crippen LogP contribution in [0.25, 0.3) is 0 Å². The van der Waals surface area contributed by atoms with Crippen molar-refractivity contribution in [3.05, 3.63) is 29.6 Å². The van der Waals surface area contributed by atoms with Crippen molar-refractivity contribution in [3.8, 4) is 5.75 Å². The van der Waals surface area contributed by atoms with Crippen LogP contribution in [0, 0.1) is 17.7 Å². The van der Waals surface area contributed by atoms with E-state index in [4.69, 9.17) is 10.5 Å². The highest BCUT2D eigenvalue weighted by atomic mass is 35.5. The number of hydrogen-bond donors (Lipinski definition) is 1. The Morgan fingerprint density at radius 3 is 2.81 bits per heavy atom. The maximum atomic E-state index is 13.4. The van der Waals surface area contributed by atoms with Gasteiger partial charge in [0.2, 0.25) is 0 Å². The van der Waals surface area contributed by atoms with E-state index < -0.39 is 5.82 Å². The Labute approximate surface area is 129 Å². The van der Waals surface area contributed by atoms with Crippen molar-refractivity contribution >= 4 is 18.3 Å². The molecule has 1 saturated carbocycles. The number of nitrogens with two attached hydrogens (primary N) is 1. The first kappa shape index (κ1) is 16.0. The Balaban J connectivity index is 0.00000161. The van der Waals surface area contributed by atoms with Crippen LogP contribution < -0.4 is 10.5 Å². The molecule has 3 atom stereocenters. The number of nitrogens with zero attached hydrogens (tertiary/aromatic N) is 1. The van der Waals surface area contributed by atoms with Crippen LogP contribution in [0.3, 0.4) is 0 Å². The summed E-state index contributed by atoms with van der Waals surface area (Å²) >= 11 is 0. The molecule has 1 amide bonds. The standard InChI is InChI=1S/C15H19FN2O2.ClH/c1-20-14-6-9(2-4-12(14)16)15(19)18-7-10-3-5-13(17)11(10)8-18;/h2,4,6,10-11,13H,3,5,7-8,17H2,1H3;1H. The third-order valence-corrected chi connectivity index (χ3v) is 4.60.